The minimum Gasteiger partial charge on any atom is -0.325 e. The van der Waals surface area contributed by atoms with Crippen LogP contribution in [0.25, 0.3) is 0 Å². The monoisotopic (exact) mass is 336 g/mol. The fourth-order valence-corrected chi connectivity index (χ4v) is 4.93. The second kappa shape index (κ2) is 6.61. The molecule has 1 atom stereocenters. The van der Waals surface area contributed by atoms with Crippen LogP contribution in [0.4, 0.5) is 5.69 Å². The highest BCUT2D eigenvalue weighted by Crippen LogP contribution is 2.32. The molecule has 1 saturated carbocycles. The first-order chi connectivity index (χ1) is 11.0. The van der Waals surface area contributed by atoms with Crippen molar-refractivity contribution < 1.29 is 13.2 Å². The Bertz CT molecular complexity index is 666. The summed E-state index contributed by atoms with van der Waals surface area (Å²) < 4.78 is 23.4. The number of aryl methyl sites for hydroxylation is 1. The number of amides is 1. The van der Waals surface area contributed by atoms with E-state index in [-0.39, 0.29) is 30.0 Å². The number of nitrogens with one attached hydrogen (secondary N) is 1. The molecule has 1 amide bonds. The van der Waals surface area contributed by atoms with E-state index in [1.165, 1.54) is 5.56 Å². The maximum atomic E-state index is 12.3. The van der Waals surface area contributed by atoms with Crippen molar-refractivity contribution in [2.75, 3.05) is 23.4 Å². The topological polar surface area (TPSA) is 66.5 Å². The van der Waals surface area contributed by atoms with Gasteiger partial charge in [0.25, 0.3) is 0 Å². The van der Waals surface area contributed by atoms with Crippen LogP contribution in [-0.2, 0) is 21.1 Å². The molecular formula is C17H24N2O3S. The Morgan fingerprint density at radius 1 is 1.17 bits per heavy atom. The zero-order valence-corrected chi connectivity index (χ0v) is 14.3. The Morgan fingerprint density at radius 3 is 2.39 bits per heavy atom. The largest absolute Gasteiger partial charge is 0.325 e. The number of hydrogen-bond acceptors (Lipinski definition) is 4. The third-order valence-electron chi connectivity index (χ3n) is 4.67. The zero-order chi connectivity index (χ0) is 16.4. The summed E-state index contributed by atoms with van der Waals surface area (Å²) >= 11 is 0. The number of carbonyl (C=O) groups is 1. The van der Waals surface area contributed by atoms with E-state index in [1.54, 1.807) is 0 Å². The number of sulfone groups is 1. The Labute approximate surface area is 138 Å². The molecule has 23 heavy (non-hydrogen) atoms. The van der Waals surface area contributed by atoms with Crippen LogP contribution < -0.4 is 5.32 Å². The maximum absolute atomic E-state index is 12.3. The van der Waals surface area contributed by atoms with Crippen molar-refractivity contribution in [2.24, 2.45) is 0 Å². The van der Waals surface area contributed by atoms with Crippen molar-refractivity contribution in [2.45, 2.75) is 44.7 Å². The number of nitrogens with zero attached hydrogens (tertiary/aromatic N) is 1. The van der Waals surface area contributed by atoms with Crippen LogP contribution in [0, 0.1) is 0 Å². The second-order valence-corrected chi connectivity index (χ2v) is 8.79. The fourth-order valence-electron chi connectivity index (χ4n) is 3.19. The molecule has 1 N–H and O–H groups in total. The van der Waals surface area contributed by atoms with Crippen LogP contribution in [0.3, 0.4) is 0 Å². The lowest BCUT2D eigenvalue weighted by atomic mass is 10.1. The lowest BCUT2D eigenvalue weighted by molar-refractivity contribution is -0.117. The first kappa shape index (κ1) is 16.5. The van der Waals surface area contributed by atoms with E-state index < -0.39 is 9.84 Å². The van der Waals surface area contributed by atoms with E-state index in [4.69, 9.17) is 0 Å². The van der Waals surface area contributed by atoms with Crippen molar-refractivity contribution in [3.63, 3.8) is 0 Å². The number of benzene rings is 1. The van der Waals surface area contributed by atoms with Crippen molar-refractivity contribution in [1.82, 2.24) is 4.90 Å². The SMILES string of the molecule is CCc1ccc(NC(=O)CN(C2CC2)[C@@H]2CCS(=O)(=O)C2)cc1. The van der Waals surface area contributed by atoms with Crippen LogP contribution in [0.2, 0.25) is 0 Å². The minimum absolute atomic E-state index is 0.000664. The van der Waals surface area contributed by atoms with Gasteiger partial charge in [-0.1, -0.05) is 19.1 Å². The predicted molar refractivity (Wildman–Crippen MR) is 91.2 cm³/mol. The highest BCUT2D eigenvalue weighted by atomic mass is 32.2. The first-order valence-corrected chi connectivity index (χ1v) is 10.1. The van der Waals surface area contributed by atoms with Gasteiger partial charge in [-0.25, -0.2) is 8.42 Å². The van der Waals surface area contributed by atoms with Gasteiger partial charge in [0.15, 0.2) is 9.84 Å². The molecule has 0 bridgehead atoms. The van der Waals surface area contributed by atoms with Crippen molar-refractivity contribution in [1.29, 1.82) is 0 Å². The number of carbonyl (C=O) groups excluding carboxylic acids is 1. The summed E-state index contributed by atoms with van der Waals surface area (Å²) in [5, 5.41) is 2.92. The molecule has 0 spiro atoms. The highest BCUT2D eigenvalue weighted by molar-refractivity contribution is 7.91. The van der Waals surface area contributed by atoms with Crippen LogP contribution in [0.1, 0.15) is 31.7 Å². The third kappa shape index (κ3) is 4.32. The van der Waals surface area contributed by atoms with Gasteiger partial charge < -0.3 is 5.32 Å². The van der Waals surface area contributed by atoms with Crippen LogP contribution in [-0.4, -0.2) is 49.4 Å². The summed E-state index contributed by atoms with van der Waals surface area (Å²) in [7, 11) is -2.92. The third-order valence-corrected chi connectivity index (χ3v) is 6.42. The summed E-state index contributed by atoms with van der Waals surface area (Å²) in [5.74, 6) is 0.383. The molecule has 0 aromatic heterocycles. The average molecular weight is 336 g/mol. The van der Waals surface area contributed by atoms with Gasteiger partial charge in [-0.3, -0.25) is 9.69 Å². The van der Waals surface area contributed by atoms with Crippen molar-refractivity contribution in [3.8, 4) is 0 Å². The Morgan fingerprint density at radius 2 is 1.87 bits per heavy atom. The van der Waals surface area contributed by atoms with E-state index in [2.05, 4.69) is 17.1 Å². The molecule has 1 aromatic carbocycles. The van der Waals surface area contributed by atoms with E-state index in [0.29, 0.717) is 12.5 Å². The molecule has 3 rings (SSSR count). The van der Waals surface area contributed by atoms with Gasteiger partial charge in [0.05, 0.1) is 18.1 Å². The Balaban J connectivity index is 1.60. The van der Waals surface area contributed by atoms with E-state index >= 15 is 0 Å². The smallest absolute Gasteiger partial charge is 0.238 e. The second-order valence-electron chi connectivity index (χ2n) is 6.56. The fraction of sp³-hybridized carbons (Fsp3) is 0.588. The summed E-state index contributed by atoms with van der Waals surface area (Å²) in [6.07, 6.45) is 3.75. The molecule has 1 aromatic rings. The molecule has 126 valence electrons. The molecule has 1 heterocycles. The number of anilines is 1. The molecular weight excluding hydrogens is 312 g/mol. The van der Waals surface area contributed by atoms with Crippen LogP contribution in [0.15, 0.2) is 24.3 Å². The highest BCUT2D eigenvalue weighted by Gasteiger charge is 2.40. The van der Waals surface area contributed by atoms with E-state index in [1.807, 2.05) is 24.3 Å². The van der Waals surface area contributed by atoms with Crippen molar-refractivity contribution in [3.05, 3.63) is 29.8 Å². The quantitative estimate of drug-likeness (QED) is 0.861. The van der Waals surface area contributed by atoms with Gasteiger partial charge in [0.1, 0.15) is 0 Å². The summed E-state index contributed by atoms with van der Waals surface area (Å²) in [4.78, 5) is 14.4. The molecule has 2 fully saturated rings. The van der Waals surface area contributed by atoms with Crippen molar-refractivity contribution >= 4 is 21.4 Å². The number of rotatable bonds is 6. The van der Waals surface area contributed by atoms with E-state index in [9.17, 15) is 13.2 Å². The molecule has 1 aliphatic heterocycles. The lowest BCUT2D eigenvalue weighted by Gasteiger charge is -2.27. The Kier molecular flexibility index (Phi) is 4.73. The minimum atomic E-state index is -2.92. The number of hydrogen-bond donors (Lipinski definition) is 1. The average Bonchev–Trinajstić information content (AvgIpc) is 3.29. The lowest BCUT2D eigenvalue weighted by Crippen LogP contribution is -2.43. The zero-order valence-electron chi connectivity index (χ0n) is 13.5. The predicted octanol–water partition coefficient (Wildman–Crippen LogP) is 1.84. The molecule has 5 nitrogen and oxygen atoms in total. The molecule has 2 aliphatic rings. The molecule has 6 heteroatoms. The van der Waals surface area contributed by atoms with Gasteiger partial charge in [0.2, 0.25) is 5.91 Å². The summed E-state index contributed by atoms with van der Waals surface area (Å²) in [6, 6.07) is 8.23. The van der Waals surface area contributed by atoms with Gasteiger partial charge in [-0.15, -0.1) is 0 Å². The van der Waals surface area contributed by atoms with Gasteiger partial charge in [-0.2, -0.15) is 0 Å². The normalized spacial score (nSPS) is 23.1. The molecule has 0 radical (unpaired) electrons. The first-order valence-electron chi connectivity index (χ1n) is 8.32. The Hall–Kier alpha value is -1.40. The summed E-state index contributed by atoms with van der Waals surface area (Å²) in [6.45, 7) is 2.37. The molecule has 1 aliphatic carbocycles. The van der Waals surface area contributed by atoms with Crippen LogP contribution >= 0.6 is 0 Å². The van der Waals surface area contributed by atoms with Gasteiger partial charge >= 0.3 is 0 Å². The van der Waals surface area contributed by atoms with E-state index in [0.717, 1.165) is 24.9 Å². The van der Waals surface area contributed by atoms with Crippen LogP contribution in [0.5, 0.6) is 0 Å². The standard InChI is InChI=1S/C17H24N2O3S/c1-2-13-3-5-14(6-4-13)18-17(20)11-19(15-7-8-15)16-9-10-23(21,22)12-16/h3-6,15-16H,2,7-12H2,1H3,(H,18,20)/t16-/m1/s1. The van der Waals surface area contributed by atoms with Gasteiger partial charge in [0, 0.05) is 17.8 Å². The maximum Gasteiger partial charge on any atom is 0.238 e. The molecule has 1 saturated heterocycles. The van der Waals surface area contributed by atoms with Gasteiger partial charge in [-0.05, 0) is 43.4 Å². The summed E-state index contributed by atoms with van der Waals surface area (Å²) in [5.41, 5.74) is 2.03. The molecule has 0 unspecified atom stereocenters.